The highest BCUT2D eigenvalue weighted by molar-refractivity contribution is 5.88. The zero-order valence-electron chi connectivity index (χ0n) is 19.0. The summed E-state index contributed by atoms with van der Waals surface area (Å²) in [6, 6.07) is 6.18. The lowest BCUT2D eigenvalue weighted by molar-refractivity contribution is 0.0974. The van der Waals surface area contributed by atoms with Crippen molar-refractivity contribution in [3.63, 3.8) is 0 Å². The van der Waals surface area contributed by atoms with E-state index in [0.717, 1.165) is 80.3 Å². The Morgan fingerprint density at radius 1 is 1.27 bits per heavy atom. The molecule has 2 aromatic heterocycles. The van der Waals surface area contributed by atoms with Crippen LogP contribution in [0.25, 0.3) is 11.2 Å². The molecule has 3 aromatic rings. The van der Waals surface area contributed by atoms with E-state index in [2.05, 4.69) is 33.0 Å². The standard InChI is InChI=1S/C24H31N7O2/c1-15-21(25)24(14-33-15)7-10-30(11-8-24)19-12-26-20-22(27-19)28-29-23(20)31-9-3-5-17-16(13-32)4-2-6-18(17)31/h2,4,6,12,15,21,32H,3,5,7-11,13-14,25H2,1H3,(H,27,28,29)/t15-,21+/m0/s1. The summed E-state index contributed by atoms with van der Waals surface area (Å²) >= 11 is 0. The van der Waals surface area contributed by atoms with E-state index < -0.39 is 0 Å². The Bertz CT molecular complexity index is 1170. The number of H-pyrrole nitrogens is 1. The van der Waals surface area contributed by atoms with Crippen LogP contribution in [0.1, 0.15) is 37.3 Å². The predicted octanol–water partition coefficient (Wildman–Crippen LogP) is 2.26. The molecule has 33 heavy (non-hydrogen) atoms. The van der Waals surface area contributed by atoms with Crippen LogP contribution in [0.15, 0.2) is 24.4 Å². The molecular weight excluding hydrogens is 418 g/mol. The monoisotopic (exact) mass is 449 g/mol. The Balaban J connectivity index is 1.26. The summed E-state index contributed by atoms with van der Waals surface area (Å²) in [5, 5.41) is 17.5. The third-order valence-electron chi connectivity index (χ3n) is 7.94. The van der Waals surface area contributed by atoms with Crippen molar-refractivity contribution < 1.29 is 9.84 Å². The fraction of sp³-hybridized carbons (Fsp3) is 0.542. The Kier molecular flexibility index (Phi) is 5.01. The van der Waals surface area contributed by atoms with Gasteiger partial charge >= 0.3 is 0 Å². The molecule has 1 aromatic carbocycles. The SMILES string of the molecule is C[C@@H]1OCC2(CCN(c3cnc4c(N5CCCc6c(CO)cccc65)n[nH]c4n3)CC2)[C@@H]1N. The van der Waals surface area contributed by atoms with E-state index >= 15 is 0 Å². The second-order valence-electron chi connectivity index (χ2n) is 9.69. The lowest BCUT2D eigenvalue weighted by Crippen LogP contribution is -2.50. The number of nitrogens with one attached hydrogen (secondary N) is 1. The van der Waals surface area contributed by atoms with Crippen LogP contribution in [0.5, 0.6) is 0 Å². The number of benzene rings is 1. The molecule has 3 aliphatic rings. The molecule has 174 valence electrons. The van der Waals surface area contributed by atoms with Crippen LogP contribution < -0.4 is 15.5 Å². The van der Waals surface area contributed by atoms with Crippen molar-refractivity contribution in [1.29, 1.82) is 0 Å². The first-order valence-corrected chi connectivity index (χ1v) is 11.9. The number of aromatic nitrogens is 4. The molecule has 6 rings (SSSR count). The molecule has 1 spiro atoms. The normalized spacial score (nSPS) is 24.6. The van der Waals surface area contributed by atoms with Gasteiger partial charge in [0.1, 0.15) is 5.82 Å². The third-order valence-corrected chi connectivity index (χ3v) is 7.94. The zero-order valence-corrected chi connectivity index (χ0v) is 19.0. The minimum absolute atomic E-state index is 0.0502. The van der Waals surface area contributed by atoms with Gasteiger partial charge in [0.25, 0.3) is 0 Å². The van der Waals surface area contributed by atoms with Crippen molar-refractivity contribution >= 4 is 28.5 Å². The van der Waals surface area contributed by atoms with Gasteiger partial charge in [-0.05, 0) is 49.8 Å². The number of ether oxygens (including phenoxy) is 1. The summed E-state index contributed by atoms with van der Waals surface area (Å²) in [5.74, 6) is 1.66. The fourth-order valence-electron chi connectivity index (χ4n) is 5.84. The zero-order chi connectivity index (χ0) is 22.6. The van der Waals surface area contributed by atoms with Crippen LogP contribution >= 0.6 is 0 Å². The summed E-state index contributed by atoms with van der Waals surface area (Å²) < 4.78 is 5.85. The van der Waals surface area contributed by atoms with E-state index in [1.807, 2.05) is 18.3 Å². The highest BCUT2D eigenvalue weighted by Crippen LogP contribution is 2.42. The van der Waals surface area contributed by atoms with Crippen LogP contribution in [0, 0.1) is 5.41 Å². The molecule has 0 saturated carbocycles. The van der Waals surface area contributed by atoms with Gasteiger partial charge in [0.2, 0.25) is 0 Å². The molecule has 0 bridgehead atoms. The van der Waals surface area contributed by atoms with Crippen LogP contribution in [0.4, 0.5) is 17.3 Å². The van der Waals surface area contributed by atoms with Crippen molar-refractivity contribution in [2.24, 2.45) is 11.1 Å². The molecule has 4 N–H and O–H groups in total. The van der Waals surface area contributed by atoms with Gasteiger partial charge in [-0.3, -0.25) is 5.10 Å². The fourth-order valence-corrected chi connectivity index (χ4v) is 5.84. The number of fused-ring (bicyclic) bond motifs is 2. The van der Waals surface area contributed by atoms with Gasteiger partial charge in [0.15, 0.2) is 17.0 Å². The summed E-state index contributed by atoms with van der Waals surface area (Å²) in [6.07, 6.45) is 5.97. The number of aromatic amines is 1. The number of nitrogens with zero attached hydrogens (tertiary/aromatic N) is 5. The molecule has 2 atom stereocenters. The number of aliphatic hydroxyl groups excluding tert-OH is 1. The van der Waals surface area contributed by atoms with Crippen molar-refractivity contribution in [3.8, 4) is 0 Å². The highest BCUT2D eigenvalue weighted by Gasteiger charge is 2.47. The molecule has 0 aliphatic carbocycles. The quantitative estimate of drug-likeness (QED) is 0.558. The van der Waals surface area contributed by atoms with Crippen LogP contribution in [-0.2, 0) is 17.8 Å². The molecule has 2 fully saturated rings. The average molecular weight is 450 g/mol. The van der Waals surface area contributed by atoms with E-state index in [-0.39, 0.29) is 24.2 Å². The first-order chi connectivity index (χ1) is 16.1. The van der Waals surface area contributed by atoms with E-state index in [4.69, 9.17) is 20.4 Å². The largest absolute Gasteiger partial charge is 0.392 e. The van der Waals surface area contributed by atoms with Gasteiger partial charge in [-0.25, -0.2) is 9.97 Å². The maximum absolute atomic E-state index is 9.75. The summed E-state index contributed by atoms with van der Waals surface area (Å²) in [6.45, 7) is 5.54. The van der Waals surface area contributed by atoms with Crippen LogP contribution in [0.2, 0.25) is 0 Å². The van der Waals surface area contributed by atoms with E-state index in [1.54, 1.807) is 0 Å². The van der Waals surface area contributed by atoms with Crippen LogP contribution in [0.3, 0.4) is 0 Å². The van der Waals surface area contributed by atoms with Gasteiger partial charge in [0.05, 0.1) is 25.5 Å². The van der Waals surface area contributed by atoms with Gasteiger partial charge in [-0.1, -0.05) is 12.1 Å². The summed E-state index contributed by atoms with van der Waals surface area (Å²) in [5.41, 5.74) is 11.3. The number of anilines is 3. The predicted molar refractivity (Wildman–Crippen MR) is 127 cm³/mol. The molecule has 0 radical (unpaired) electrons. The number of nitrogens with two attached hydrogens (primary N) is 1. The molecule has 0 unspecified atom stereocenters. The van der Waals surface area contributed by atoms with Crippen LogP contribution in [-0.4, -0.2) is 63.7 Å². The molecule has 0 amide bonds. The molecule has 5 heterocycles. The number of rotatable bonds is 3. The van der Waals surface area contributed by atoms with Gasteiger partial charge in [0, 0.05) is 36.8 Å². The average Bonchev–Trinajstić information content (AvgIpc) is 3.40. The summed E-state index contributed by atoms with van der Waals surface area (Å²) in [7, 11) is 0. The van der Waals surface area contributed by atoms with Crippen molar-refractivity contribution in [2.45, 2.75) is 51.4 Å². The molecule has 3 aliphatic heterocycles. The Hall–Kier alpha value is -2.75. The first kappa shape index (κ1) is 20.8. The minimum atomic E-state index is 0.0502. The Morgan fingerprint density at radius 3 is 2.88 bits per heavy atom. The highest BCUT2D eigenvalue weighted by atomic mass is 16.5. The Labute approximate surface area is 193 Å². The minimum Gasteiger partial charge on any atom is -0.392 e. The molecule has 9 nitrogen and oxygen atoms in total. The van der Waals surface area contributed by atoms with Gasteiger partial charge in [-0.15, -0.1) is 0 Å². The second kappa shape index (κ2) is 7.93. The molecular formula is C24H31N7O2. The third kappa shape index (κ3) is 3.29. The molecule has 9 heteroatoms. The smallest absolute Gasteiger partial charge is 0.183 e. The van der Waals surface area contributed by atoms with Gasteiger partial charge < -0.3 is 25.4 Å². The van der Waals surface area contributed by atoms with Crippen molar-refractivity contribution in [2.75, 3.05) is 36.0 Å². The number of aliphatic hydroxyl groups is 1. The lowest BCUT2D eigenvalue weighted by Gasteiger charge is -2.41. The Morgan fingerprint density at radius 2 is 2.12 bits per heavy atom. The van der Waals surface area contributed by atoms with E-state index in [1.165, 1.54) is 5.56 Å². The van der Waals surface area contributed by atoms with Gasteiger partial charge in [-0.2, -0.15) is 5.10 Å². The lowest BCUT2D eigenvalue weighted by atomic mass is 9.73. The maximum Gasteiger partial charge on any atom is 0.183 e. The molecule has 2 saturated heterocycles. The van der Waals surface area contributed by atoms with E-state index in [9.17, 15) is 5.11 Å². The maximum atomic E-state index is 9.75. The van der Waals surface area contributed by atoms with Crippen molar-refractivity contribution in [1.82, 2.24) is 20.2 Å². The van der Waals surface area contributed by atoms with Crippen molar-refractivity contribution in [3.05, 3.63) is 35.5 Å². The number of piperidine rings is 1. The second-order valence-corrected chi connectivity index (χ2v) is 9.69. The topological polar surface area (TPSA) is 116 Å². The summed E-state index contributed by atoms with van der Waals surface area (Å²) in [4.78, 5) is 14.1. The first-order valence-electron chi connectivity index (χ1n) is 11.9. The number of hydrogen-bond donors (Lipinski definition) is 3. The number of hydrogen-bond acceptors (Lipinski definition) is 8. The van der Waals surface area contributed by atoms with E-state index in [0.29, 0.717) is 5.65 Å².